The molecule has 8 heteroatoms. The lowest BCUT2D eigenvalue weighted by molar-refractivity contribution is -0.127. The van der Waals surface area contributed by atoms with Gasteiger partial charge in [0, 0.05) is 13.6 Å². The fourth-order valence-electron chi connectivity index (χ4n) is 1.56. The van der Waals surface area contributed by atoms with E-state index in [1.54, 1.807) is 26.3 Å². The van der Waals surface area contributed by atoms with Crippen molar-refractivity contribution in [2.75, 3.05) is 19.3 Å². The third kappa shape index (κ3) is 3.86. The number of carbonyl (C=O) groups excluding carboxylic acids is 1. The van der Waals surface area contributed by atoms with Gasteiger partial charge in [-0.1, -0.05) is 11.8 Å². The molecule has 21 heavy (non-hydrogen) atoms. The number of furan rings is 1. The summed E-state index contributed by atoms with van der Waals surface area (Å²) in [6.07, 6.45) is 1.87. The van der Waals surface area contributed by atoms with Crippen molar-refractivity contribution < 1.29 is 13.6 Å². The minimum atomic E-state index is -0.0884. The Balaban J connectivity index is 1.90. The third-order valence-corrected chi connectivity index (χ3v) is 3.60. The average molecular weight is 306 g/mol. The van der Waals surface area contributed by atoms with Crippen LogP contribution in [0, 0.1) is 18.3 Å². The molecule has 0 radical (unpaired) electrons. The number of rotatable bonds is 6. The number of nitrogens with zero attached hydrogens (tertiary/aromatic N) is 4. The number of nitriles is 1. The molecule has 0 aliphatic carbocycles. The molecule has 0 fully saturated rings. The Labute approximate surface area is 125 Å². The molecule has 0 saturated heterocycles. The van der Waals surface area contributed by atoms with Crippen molar-refractivity contribution in [3.8, 4) is 17.5 Å². The van der Waals surface area contributed by atoms with Crippen LogP contribution in [0.5, 0.6) is 0 Å². The second-order valence-corrected chi connectivity index (χ2v) is 5.20. The van der Waals surface area contributed by atoms with Crippen LogP contribution in [-0.4, -0.2) is 40.3 Å². The van der Waals surface area contributed by atoms with E-state index in [1.165, 1.54) is 16.7 Å². The molecule has 2 aromatic heterocycles. The fourth-order valence-corrected chi connectivity index (χ4v) is 2.26. The molecule has 0 bridgehead atoms. The van der Waals surface area contributed by atoms with Gasteiger partial charge in [-0.05, 0) is 13.0 Å². The summed E-state index contributed by atoms with van der Waals surface area (Å²) in [6, 6.07) is 3.75. The van der Waals surface area contributed by atoms with Crippen LogP contribution in [0.4, 0.5) is 0 Å². The van der Waals surface area contributed by atoms with Crippen LogP contribution in [0.1, 0.15) is 12.2 Å². The Hall–Kier alpha value is -2.27. The Morgan fingerprint density at radius 2 is 2.33 bits per heavy atom. The number of aryl methyl sites for hydroxylation is 1. The summed E-state index contributed by atoms with van der Waals surface area (Å²) in [5.41, 5.74) is 0.742. The van der Waals surface area contributed by atoms with Gasteiger partial charge in [0.2, 0.25) is 5.91 Å². The lowest BCUT2D eigenvalue weighted by atomic mass is 10.3. The van der Waals surface area contributed by atoms with Gasteiger partial charge in [0.25, 0.3) is 11.1 Å². The lowest BCUT2D eigenvalue weighted by Crippen LogP contribution is -2.29. The highest BCUT2D eigenvalue weighted by Gasteiger charge is 2.15. The van der Waals surface area contributed by atoms with Gasteiger partial charge in [-0.2, -0.15) is 5.26 Å². The molecular weight excluding hydrogens is 292 g/mol. The fraction of sp³-hybridized carbons (Fsp3) is 0.385. The second-order valence-electron chi connectivity index (χ2n) is 4.28. The average Bonchev–Trinajstić information content (AvgIpc) is 3.10. The summed E-state index contributed by atoms with van der Waals surface area (Å²) >= 11 is 1.17. The molecule has 2 rings (SSSR count). The number of thioether (sulfide) groups is 1. The summed E-state index contributed by atoms with van der Waals surface area (Å²) in [5, 5.41) is 16.6. The van der Waals surface area contributed by atoms with Crippen LogP contribution in [0.2, 0.25) is 0 Å². The Kier molecular flexibility index (Phi) is 5.00. The zero-order valence-corrected chi connectivity index (χ0v) is 12.5. The maximum Gasteiger partial charge on any atom is 0.277 e. The zero-order valence-electron chi connectivity index (χ0n) is 11.7. The van der Waals surface area contributed by atoms with Crippen LogP contribution in [-0.2, 0) is 4.79 Å². The van der Waals surface area contributed by atoms with E-state index in [9.17, 15) is 4.79 Å². The topological polar surface area (TPSA) is 96.2 Å². The summed E-state index contributed by atoms with van der Waals surface area (Å²) in [6.45, 7) is 2.22. The SMILES string of the molecule is Cc1occc1-c1nnc(SCC(=O)N(C)CCC#N)o1. The summed E-state index contributed by atoms with van der Waals surface area (Å²) in [4.78, 5) is 13.3. The molecular formula is C13H14N4O3S. The summed E-state index contributed by atoms with van der Waals surface area (Å²) in [5.74, 6) is 1.17. The van der Waals surface area contributed by atoms with E-state index in [-0.39, 0.29) is 11.7 Å². The van der Waals surface area contributed by atoms with Crippen molar-refractivity contribution >= 4 is 17.7 Å². The Bertz CT molecular complexity index is 658. The summed E-state index contributed by atoms with van der Waals surface area (Å²) in [7, 11) is 1.66. The molecule has 1 amide bonds. The quantitative estimate of drug-likeness (QED) is 0.754. The van der Waals surface area contributed by atoms with Crippen LogP contribution >= 0.6 is 11.8 Å². The van der Waals surface area contributed by atoms with Crippen molar-refractivity contribution in [3.63, 3.8) is 0 Å². The normalized spacial score (nSPS) is 10.3. The van der Waals surface area contributed by atoms with Gasteiger partial charge in [0.15, 0.2) is 0 Å². The standard InChI is InChI=1S/C13H14N4O3S/c1-9-10(4-7-19-9)12-15-16-13(20-12)21-8-11(18)17(2)6-3-5-14/h4,7H,3,6,8H2,1-2H3. The number of carbonyl (C=O) groups is 1. The van der Waals surface area contributed by atoms with Crippen LogP contribution in [0.3, 0.4) is 0 Å². The molecule has 0 aliphatic rings. The van der Waals surface area contributed by atoms with Gasteiger partial charge in [-0.3, -0.25) is 4.79 Å². The molecule has 0 N–H and O–H groups in total. The van der Waals surface area contributed by atoms with Crippen LogP contribution in [0.15, 0.2) is 26.4 Å². The van der Waals surface area contributed by atoms with E-state index in [4.69, 9.17) is 14.1 Å². The molecule has 0 unspecified atom stereocenters. The van der Waals surface area contributed by atoms with Crippen molar-refractivity contribution in [1.82, 2.24) is 15.1 Å². The number of hydrogen-bond acceptors (Lipinski definition) is 7. The maximum atomic E-state index is 11.8. The van der Waals surface area contributed by atoms with Gasteiger partial charge in [0.05, 0.1) is 30.1 Å². The highest BCUT2D eigenvalue weighted by molar-refractivity contribution is 7.99. The van der Waals surface area contributed by atoms with Crippen molar-refractivity contribution in [2.24, 2.45) is 0 Å². The van der Waals surface area contributed by atoms with Gasteiger partial charge in [-0.25, -0.2) is 0 Å². The third-order valence-electron chi connectivity index (χ3n) is 2.80. The number of amides is 1. The molecule has 0 saturated carbocycles. The lowest BCUT2D eigenvalue weighted by Gasteiger charge is -2.13. The van der Waals surface area contributed by atoms with Crippen LogP contribution < -0.4 is 0 Å². The Morgan fingerprint density at radius 3 is 3.00 bits per heavy atom. The minimum Gasteiger partial charge on any atom is -0.469 e. The molecule has 0 atom stereocenters. The minimum absolute atomic E-state index is 0.0884. The van der Waals surface area contributed by atoms with E-state index in [0.717, 1.165) is 5.56 Å². The second kappa shape index (κ2) is 6.95. The highest BCUT2D eigenvalue weighted by atomic mass is 32.2. The van der Waals surface area contributed by atoms with E-state index < -0.39 is 0 Å². The molecule has 2 heterocycles. The molecule has 2 aromatic rings. The monoisotopic (exact) mass is 306 g/mol. The number of aromatic nitrogens is 2. The molecule has 7 nitrogen and oxygen atoms in total. The maximum absolute atomic E-state index is 11.8. The predicted molar refractivity (Wildman–Crippen MR) is 75.3 cm³/mol. The molecule has 0 aliphatic heterocycles. The van der Waals surface area contributed by atoms with Gasteiger partial charge in [-0.15, -0.1) is 10.2 Å². The smallest absolute Gasteiger partial charge is 0.277 e. The van der Waals surface area contributed by atoms with E-state index in [2.05, 4.69) is 10.2 Å². The van der Waals surface area contributed by atoms with Gasteiger partial charge in [0.1, 0.15) is 5.76 Å². The number of hydrogen-bond donors (Lipinski definition) is 0. The first-order valence-corrected chi connectivity index (χ1v) is 7.22. The first-order valence-electron chi connectivity index (χ1n) is 6.23. The molecule has 0 spiro atoms. The van der Waals surface area contributed by atoms with E-state index in [1.807, 2.05) is 6.07 Å². The van der Waals surface area contributed by atoms with Crippen molar-refractivity contribution in [3.05, 3.63) is 18.1 Å². The molecule has 110 valence electrons. The van der Waals surface area contributed by atoms with Crippen molar-refractivity contribution in [2.45, 2.75) is 18.6 Å². The zero-order chi connectivity index (χ0) is 15.2. The van der Waals surface area contributed by atoms with E-state index >= 15 is 0 Å². The summed E-state index contributed by atoms with van der Waals surface area (Å²) < 4.78 is 10.7. The van der Waals surface area contributed by atoms with Crippen molar-refractivity contribution in [1.29, 1.82) is 5.26 Å². The first-order chi connectivity index (χ1) is 10.1. The van der Waals surface area contributed by atoms with Gasteiger partial charge < -0.3 is 13.7 Å². The van der Waals surface area contributed by atoms with E-state index in [0.29, 0.717) is 29.8 Å². The highest BCUT2D eigenvalue weighted by Crippen LogP contribution is 2.26. The first kappa shape index (κ1) is 15.1. The molecule has 0 aromatic carbocycles. The van der Waals surface area contributed by atoms with Gasteiger partial charge >= 0.3 is 0 Å². The predicted octanol–water partition coefficient (Wildman–Crippen LogP) is 2.10. The largest absolute Gasteiger partial charge is 0.469 e. The Morgan fingerprint density at radius 1 is 1.52 bits per heavy atom. The van der Waals surface area contributed by atoms with Crippen LogP contribution in [0.25, 0.3) is 11.5 Å².